The maximum Gasteiger partial charge on any atom is 0.234 e. The zero-order valence-electron chi connectivity index (χ0n) is 9.81. The fourth-order valence-electron chi connectivity index (χ4n) is 1.20. The largest absolute Gasteiger partial charge is 0.497 e. The van der Waals surface area contributed by atoms with Gasteiger partial charge in [-0.15, -0.1) is 0 Å². The molecule has 17 heavy (non-hydrogen) atoms. The third kappa shape index (κ3) is 5.60. The van der Waals surface area contributed by atoms with Crippen LogP contribution in [0.15, 0.2) is 24.3 Å². The number of benzene rings is 1. The lowest BCUT2D eigenvalue weighted by Gasteiger charge is -2.06. The fourth-order valence-corrected chi connectivity index (χ4v) is 1.94. The number of hydrogen-bond acceptors (Lipinski definition) is 4. The first-order valence-corrected chi connectivity index (χ1v) is 6.54. The minimum Gasteiger partial charge on any atom is -0.497 e. The van der Waals surface area contributed by atoms with E-state index in [1.807, 2.05) is 0 Å². The van der Waals surface area contributed by atoms with E-state index in [0.29, 0.717) is 5.75 Å². The Labute approximate surface area is 105 Å². The van der Waals surface area contributed by atoms with Crippen molar-refractivity contribution >= 4 is 23.4 Å². The maximum absolute atomic E-state index is 11.5. The smallest absolute Gasteiger partial charge is 0.234 e. The summed E-state index contributed by atoms with van der Waals surface area (Å²) in [6, 6.07) is 7.20. The summed E-state index contributed by atoms with van der Waals surface area (Å²) in [5, 5.41) is 11.4. The number of hydrogen-bond donors (Lipinski definition) is 2. The summed E-state index contributed by atoms with van der Waals surface area (Å²) in [7, 11) is 1.60. The highest BCUT2D eigenvalue weighted by Crippen LogP contribution is 2.15. The van der Waals surface area contributed by atoms with Crippen molar-refractivity contribution in [2.24, 2.45) is 0 Å². The molecule has 0 bridgehead atoms. The zero-order valence-corrected chi connectivity index (χ0v) is 10.6. The monoisotopic (exact) mass is 255 g/mol. The summed E-state index contributed by atoms with van der Waals surface area (Å²) < 4.78 is 5.03. The number of methoxy groups -OCH3 is 1. The molecule has 94 valence electrons. The highest BCUT2D eigenvalue weighted by atomic mass is 32.2. The Hall–Kier alpha value is -1.20. The van der Waals surface area contributed by atoms with Gasteiger partial charge < -0.3 is 15.2 Å². The van der Waals surface area contributed by atoms with Gasteiger partial charge in [-0.2, -0.15) is 11.8 Å². The van der Waals surface area contributed by atoms with E-state index in [2.05, 4.69) is 5.32 Å². The number of carbonyl (C=O) groups is 1. The Bertz CT molecular complexity index is 340. The lowest BCUT2D eigenvalue weighted by molar-refractivity contribution is -0.113. The molecule has 1 aromatic carbocycles. The van der Waals surface area contributed by atoms with Crippen molar-refractivity contribution in [1.29, 1.82) is 0 Å². The predicted molar refractivity (Wildman–Crippen MR) is 70.7 cm³/mol. The lowest BCUT2D eigenvalue weighted by Crippen LogP contribution is -2.14. The van der Waals surface area contributed by atoms with E-state index < -0.39 is 0 Å². The van der Waals surface area contributed by atoms with Gasteiger partial charge in [-0.1, -0.05) is 0 Å². The molecule has 0 aliphatic heterocycles. The van der Waals surface area contributed by atoms with Crippen LogP contribution in [0.4, 0.5) is 5.69 Å². The van der Waals surface area contributed by atoms with E-state index in [1.54, 1.807) is 31.4 Å². The molecule has 0 aromatic heterocycles. The van der Waals surface area contributed by atoms with Gasteiger partial charge in [0, 0.05) is 12.3 Å². The molecule has 0 saturated heterocycles. The standard InChI is InChI=1S/C12H17NO3S/c1-16-11-5-3-10(4-6-11)13-12(15)9-17-8-2-7-14/h3-6,14H,2,7-9H2,1H3,(H,13,15). The molecular formula is C12H17NO3S. The van der Waals surface area contributed by atoms with E-state index in [4.69, 9.17) is 9.84 Å². The average molecular weight is 255 g/mol. The molecule has 0 saturated carbocycles. The molecule has 1 amide bonds. The molecule has 0 atom stereocenters. The quantitative estimate of drug-likeness (QED) is 0.729. The number of aliphatic hydroxyl groups is 1. The number of carbonyl (C=O) groups excluding carboxylic acids is 1. The third-order valence-corrected chi connectivity index (χ3v) is 3.10. The van der Waals surface area contributed by atoms with Crippen molar-refractivity contribution in [3.05, 3.63) is 24.3 Å². The summed E-state index contributed by atoms with van der Waals surface area (Å²) in [4.78, 5) is 11.5. The second-order valence-electron chi connectivity index (χ2n) is 3.41. The van der Waals surface area contributed by atoms with Gasteiger partial charge >= 0.3 is 0 Å². The molecule has 0 heterocycles. The summed E-state index contributed by atoms with van der Waals surface area (Å²) in [5.41, 5.74) is 0.763. The number of nitrogens with one attached hydrogen (secondary N) is 1. The molecule has 1 rings (SSSR count). The summed E-state index contributed by atoms with van der Waals surface area (Å²) >= 11 is 1.52. The van der Waals surface area contributed by atoms with Gasteiger partial charge in [-0.25, -0.2) is 0 Å². The predicted octanol–water partition coefficient (Wildman–Crippen LogP) is 1.75. The molecule has 0 radical (unpaired) electrons. The highest BCUT2D eigenvalue weighted by molar-refractivity contribution is 7.99. The molecule has 0 aliphatic rings. The molecule has 4 nitrogen and oxygen atoms in total. The third-order valence-electron chi connectivity index (χ3n) is 2.05. The minimum absolute atomic E-state index is 0.0295. The normalized spacial score (nSPS) is 10.0. The number of aliphatic hydroxyl groups excluding tert-OH is 1. The van der Waals surface area contributed by atoms with Gasteiger partial charge in [0.2, 0.25) is 5.91 Å². The average Bonchev–Trinajstić information content (AvgIpc) is 2.36. The number of anilines is 1. The Morgan fingerprint density at radius 1 is 1.41 bits per heavy atom. The van der Waals surface area contributed by atoms with Gasteiger partial charge in [0.05, 0.1) is 12.9 Å². The van der Waals surface area contributed by atoms with Gasteiger partial charge in [-0.3, -0.25) is 4.79 Å². The Morgan fingerprint density at radius 2 is 2.12 bits per heavy atom. The first-order valence-electron chi connectivity index (χ1n) is 5.38. The van der Waals surface area contributed by atoms with Gasteiger partial charge in [0.25, 0.3) is 0 Å². The van der Waals surface area contributed by atoms with Crippen molar-refractivity contribution in [2.75, 3.05) is 30.5 Å². The van der Waals surface area contributed by atoms with E-state index in [0.717, 1.165) is 23.6 Å². The highest BCUT2D eigenvalue weighted by Gasteiger charge is 2.02. The van der Waals surface area contributed by atoms with Crippen molar-refractivity contribution in [2.45, 2.75) is 6.42 Å². The Morgan fingerprint density at radius 3 is 2.71 bits per heavy atom. The molecule has 5 heteroatoms. The van der Waals surface area contributed by atoms with Gasteiger partial charge in [0.1, 0.15) is 5.75 Å². The van der Waals surface area contributed by atoms with Crippen LogP contribution in [0.2, 0.25) is 0 Å². The van der Waals surface area contributed by atoms with E-state index >= 15 is 0 Å². The van der Waals surface area contributed by atoms with E-state index in [9.17, 15) is 4.79 Å². The SMILES string of the molecule is COc1ccc(NC(=O)CSCCCO)cc1. The summed E-state index contributed by atoms with van der Waals surface area (Å²) in [6.07, 6.45) is 0.723. The topological polar surface area (TPSA) is 58.6 Å². The van der Waals surface area contributed by atoms with Crippen LogP contribution in [0.5, 0.6) is 5.75 Å². The number of ether oxygens (including phenoxy) is 1. The van der Waals surface area contributed by atoms with Crippen LogP contribution in [0.1, 0.15) is 6.42 Å². The fraction of sp³-hybridized carbons (Fsp3) is 0.417. The molecule has 0 fully saturated rings. The Balaban J connectivity index is 2.29. The maximum atomic E-state index is 11.5. The second kappa shape index (κ2) is 7.97. The molecule has 0 unspecified atom stereocenters. The molecular weight excluding hydrogens is 238 g/mol. The van der Waals surface area contributed by atoms with Crippen LogP contribution in [0.3, 0.4) is 0 Å². The van der Waals surface area contributed by atoms with Crippen LogP contribution >= 0.6 is 11.8 Å². The second-order valence-corrected chi connectivity index (χ2v) is 4.51. The van der Waals surface area contributed by atoms with E-state index in [-0.39, 0.29) is 12.5 Å². The van der Waals surface area contributed by atoms with Crippen LogP contribution in [-0.2, 0) is 4.79 Å². The van der Waals surface area contributed by atoms with Crippen molar-refractivity contribution < 1.29 is 14.6 Å². The molecule has 0 aliphatic carbocycles. The molecule has 2 N–H and O–H groups in total. The van der Waals surface area contributed by atoms with Gasteiger partial charge in [0.15, 0.2) is 0 Å². The summed E-state index contributed by atoms with van der Waals surface area (Å²) in [6.45, 7) is 0.174. The summed E-state index contributed by atoms with van der Waals surface area (Å²) in [5.74, 6) is 1.94. The van der Waals surface area contributed by atoms with Crippen LogP contribution in [0, 0.1) is 0 Å². The first-order chi connectivity index (χ1) is 8.26. The van der Waals surface area contributed by atoms with Gasteiger partial charge in [-0.05, 0) is 36.4 Å². The minimum atomic E-state index is -0.0295. The van der Waals surface area contributed by atoms with Crippen molar-refractivity contribution in [1.82, 2.24) is 0 Å². The number of thioether (sulfide) groups is 1. The first kappa shape index (κ1) is 13.9. The number of amides is 1. The van der Waals surface area contributed by atoms with Crippen molar-refractivity contribution in [3.63, 3.8) is 0 Å². The van der Waals surface area contributed by atoms with Crippen LogP contribution in [-0.4, -0.2) is 36.2 Å². The zero-order chi connectivity index (χ0) is 12.5. The van der Waals surface area contributed by atoms with Crippen LogP contribution in [0.25, 0.3) is 0 Å². The van der Waals surface area contributed by atoms with Crippen molar-refractivity contribution in [3.8, 4) is 5.75 Å². The Kier molecular flexibility index (Phi) is 6.50. The molecule has 1 aromatic rings. The lowest BCUT2D eigenvalue weighted by atomic mass is 10.3. The number of rotatable bonds is 7. The van der Waals surface area contributed by atoms with Crippen LogP contribution < -0.4 is 10.1 Å². The van der Waals surface area contributed by atoms with E-state index in [1.165, 1.54) is 11.8 Å². The molecule has 0 spiro atoms.